The molecule has 45 heavy (non-hydrogen) atoms. The maximum atomic E-state index is 14.6. The monoisotopic (exact) mass is 645 g/mol. The summed E-state index contributed by atoms with van der Waals surface area (Å²) in [5, 5.41) is 3.49. The Morgan fingerprint density at radius 2 is 1.49 bits per heavy atom. The summed E-state index contributed by atoms with van der Waals surface area (Å²) < 4.78 is 29.5. The first-order chi connectivity index (χ1) is 21.5. The molecule has 0 radical (unpaired) electrons. The minimum Gasteiger partial charge on any atom is -0.352 e. The topological polar surface area (TPSA) is 86.8 Å². The van der Waals surface area contributed by atoms with E-state index in [9.17, 15) is 18.0 Å². The third-order valence-corrected chi connectivity index (χ3v) is 9.94. The van der Waals surface area contributed by atoms with Gasteiger partial charge in [-0.2, -0.15) is 0 Å². The average molecular weight is 646 g/mol. The first kappa shape index (κ1) is 33.7. The Labute approximate surface area is 271 Å². The molecule has 4 aromatic carbocycles. The number of anilines is 1. The van der Waals surface area contributed by atoms with Gasteiger partial charge in [0.2, 0.25) is 11.8 Å². The number of carbonyl (C=O) groups excluding carboxylic acids is 2. The fourth-order valence-electron chi connectivity index (χ4n) is 5.12. The summed E-state index contributed by atoms with van der Waals surface area (Å²) in [6, 6.07) is 29.0. The van der Waals surface area contributed by atoms with Gasteiger partial charge in [0.05, 0.1) is 10.6 Å². The van der Waals surface area contributed by atoms with Crippen LogP contribution in [0.2, 0.25) is 5.02 Å². The number of halogens is 1. The maximum absolute atomic E-state index is 14.6. The van der Waals surface area contributed by atoms with Crippen molar-refractivity contribution in [3.8, 4) is 0 Å². The Hall–Kier alpha value is -4.14. The molecule has 236 valence electrons. The van der Waals surface area contributed by atoms with Gasteiger partial charge in [-0.05, 0) is 68.1 Å². The number of nitrogens with zero attached hydrogens (tertiary/aromatic N) is 2. The van der Waals surface area contributed by atoms with Crippen molar-refractivity contribution >= 4 is 39.1 Å². The minimum absolute atomic E-state index is 0.00996. The second-order valence-electron chi connectivity index (χ2n) is 11.3. The lowest BCUT2D eigenvalue weighted by atomic mass is 10.0. The largest absolute Gasteiger partial charge is 0.352 e. The molecule has 1 N–H and O–H groups in total. The highest BCUT2D eigenvalue weighted by Crippen LogP contribution is 2.29. The molecule has 0 bridgehead atoms. The molecular weight excluding hydrogens is 606 g/mol. The number of carbonyl (C=O) groups is 2. The van der Waals surface area contributed by atoms with Gasteiger partial charge in [-0.1, -0.05) is 103 Å². The van der Waals surface area contributed by atoms with Gasteiger partial charge in [-0.15, -0.1) is 0 Å². The molecule has 2 atom stereocenters. The van der Waals surface area contributed by atoms with Crippen molar-refractivity contribution < 1.29 is 18.0 Å². The quantitative estimate of drug-likeness (QED) is 0.175. The molecule has 0 aliphatic rings. The summed E-state index contributed by atoms with van der Waals surface area (Å²) in [5.41, 5.74) is 3.56. The predicted molar refractivity (Wildman–Crippen MR) is 181 cm³/mol. The molecule has 0 aliphatic carbocycles. The number of rotatable bonds is 13. The highest BCUT2D eigenvalue weighted by Gasteiger charge is 2.35. The van der Waals surface area contributed by atoms with Gasteiger partial charge in [-0.25, -0.2) is 8.42 Å². The van der Waals surface area contributed by atoms with Gasteiger partial charge < -0.3 is 10.2 Å². The van der Waals surface area contributed by atoms with Gasteiger partial charge in [0.1, 0.15) is 12.6 Å². The summed E-state index contributed by atoms with van der Waals surface area (Å²) in [7, 11) is -4.17. The number of aryl methyl sites for hydroxylation is 2. The Bertz CT molecular complexity index is 1720. The van der Waals surface area contributed by atoms with Crippen LogP contribution in [0.4, 0.5) is 5.69 Å². The van der Waals surface area contributed by atoms with E-state index in [0.717, 1.165) is 15.4 Å². The Balaban J connectivity index is 1.83. The van der Waals surface area contributed by atoms with E-state index < -0.39 is 28.5 Å². The Kier molecular flexibility index (Phi) is 11.4. The summed E-state index contributed by atoms with van der Waals surface area (Å²) in [6.45, 7) is 7.11. The molecule has 0 fully saturated rings. The van der Waals surface area contributed by atoms with Crippen LogP contribution < -0.4 is 9.62 Å². The second kappa shape index (κ2) is 15.2. The third-order valence-electron chi connectivity index (χ3n) is 7.80. The van der Waals surface area contributed by atoms with Crippen molar-refractivity contribution in [2.75, 3.05) is 10.8 Å². The molecule has 9 heteroatoms. The van der Waals surface area contributed by atoms with E-state index in [2.05, 4.69) is 5.32 Å². The molecular formula is C36H40ClN3O4S. The van der Waals surface area contributed by atoms with Crippen molar-refractivity contribution in [3.63, 3.8) is 0 Å². The van der Waals surface area contributed by atoms with Crippen LogP contribution in [0.1, 0.15) is 42.5 Å². The maximum Gasteiger partial charge on any atom is 0.264 e. The smallest absolute Gasteiger partial charge is 0.264 e. The number of nitrogens with one attached hydrogen (secondary N) is 1. The Morgan fingerprint density at radius 3 is 2.11 bits per heavy atom. The molecule has 0 unspecified atom stereocenters. The lowest BCUT2D eigenvalue weighted by Gasteiger charge is -2.34. The number of hydrogen-bond acceptors (Lipinski definition) is 4. The molecule has 0 spiro atoms. The predicted octanol–water partition coefficient (Wildman–Crippen LogP) is 6.71. The van der Waals surface area contributed by atoms with E-state index in [1.807, 2.05) is 76.2 Å². The summed E-state index contributed by atoms with van der Waals surface area (Å²) in [5.74, 6) is -0.854. The van der Waals surface area contributed by atoms with Crippen LogP contribution in [0.3, 0.4) is 0 Å². The standard InChI is InChI=1S/C36H40ClN3O4S/c1-5-28(4)38-36(42)34(23-29-14-8-6-9-15-29)39(24-30-16-12-13-19-32(30)37)35(41)25-40(33-21-20-26(2)22-27(33)3)45(43,44)31-17-10-7-11-18-31/h6-22,28,34H,5,23-25H2,1-4H3,(H,38,42)/t28-,34+/m0/s1. The van der Waals surface area contributed by atoms with Crippen molar-refractivity contribution in [2.24, 2.45) is 0 Å². The molecule has 4 rings (SSSR count). The lowest BCUT2D eigenvalue weighted by molar-refractivity contribution is -0.140. The van der Waals surface area contributed by atoms with Gasteiger partial charge in [0.15, 0.2) is 0 Å². The zero-order valence-electron chi connectivity index (χ0n) is 26.1. The first-order valence-corrected chi connectivity index (χ1v) is 16.8. The molecule has 0 aromatic heterocycles. The molecule has 4 aromatic rings. The van der Waals surface area contributed by atoms with Gasteiger partial charge in [-0.3, -0.25) is 13.9 Å². The molecule has 0 heterocycles. The molecule has 0 saturated heterocycles. The third kappa shape index (κ3) is 8.53. The second-order valence-corrected chi connectivity index (χ2v) is 13.5. The molecule has 0 aliphatic heterocycles. The summed E-state index contributed by atoms with van der Waals surface area (Å²) >= 11 is 6.57. The van der Waals surface area contributed by atoms with Crippen molar-refractivity contribution in [2.45, 2.75) is 64.1 Å². The van der Waals surface area contributed by atoms with Crippen LogP contribution >= 0.6 is 11.6 Å². The zero-order chi connectivity index (χ0) is 32.6. The summed E-state index contributed by atoms with van der Waals surface area (Å²) in [4.78, 5) is 30.0. The van der Waals surface area contributed by atoms with Crippen LogP contribution in [0.25, 0.3) is 0 Å². The fourth-order valence-corrected chi connectivity index (χ4v) is 6.82. The van der Waals surface area contributed by atoms with E-state index in [4.69, 9.17) is 11.6 Å². The first-order valence-electron chi connectivity index (χ1n) is 15.0. The van der Waals surface area contributed by atoms with E-state index in [1.165, 1.54) is 17.0 Å². The van der Waals surface area contributed by atoms with Crippen molar-refractivity contribution in [1.29, 1.82) is 0 Å². The number of sulfonamides is 1. The average Bonchev–Trinajstić information content (AvgIpc) is 3.03. The normalized spacial score (nSPS) is 12.6. The number of amides is 2. The highest BCUT2D eigenvalue weighted by atomic mass is 35.5. The van der Waals surface area contributed by atoms with Crippen molar-refractivity contribution in [3.05, 3.63) is 130 Å². The van der Waals surface area contributed by atoms with Gasteiger partial charge in [0, 0.05) is 24.0 Å². The Morgan fingerprint density at radius 1 is 0.867 bits per heavy atom. The number of benzene rings is 4. The summed E-state index contributed by atoms with van der Waals surface area (Å²) in [6.07, 6.45) is 0.937. The van der Waals surface area contributed by atoms with Crippen LogP contribution in [0.15, 0.2) is 108 Å². The van der Waals surface area contributed by atoms with Crippen molar-refractivity contribution in [1.82, 2.24) is 10.2 Å². The highest BCUT2D eigenvalue weighted by molar-refractivity contribution is 7.92. The zero-order valence-corrected chi connectivity index (χ0v) is 27.7. The van der Waals surface area contributed by atoms with Crippen LogP contribution in [-0.2, 0) is 32.6 Å². The van der Waals surface area contributed by atoms with E-state index >= 15 is 0 Å². The van der Waals surface area contributed by atoms with E-state index in [1.54, 1.807) is 42.5 Å². The molecule has 0 saturated carbocycles. The number of hydrogen-bond donors (Lipinski definition) is 1. The molecule has 7 nitrogen and oxygen atoms in total. The van der Waals surface area contributed by atoms with E-state index in [-0.39, 0.29) is 29.8 Å². The fraction of sp³-hybridized carbons (Fsp3) is 0.278. The van der Waals surface area contributed by atoms with Crippen LogP contribution in [-0.4, -0.2) is 43.8 Å². The van der Waals surface area contributed by atoms with Crippen LogP contribution in [0.5, 0.6) is 0 Å². The SMILES string of the molecule is CC[C@H](C)NC(=O)[C@@H](Cc1ccccc1)N(Cc1ccccc1Cl)C(=O)CN(c1ccc(C)cc1C)S(=O)(=O)c1ccccc1. The minimum atomic E-state index is -4.17. The van der Waals surface area contributed by atoms with Gasteiger partial charge >= 0.3 is 0 Å². The van der Waals surface area contributed by atoms with Gasteiger partial charge in [0.25, 0.3) is 10.0 Å². The van der Waals surface area contributed by atoms with E-state index in [0.29, 0.717) is 28.3 Å². The van der Waals surface area contributed by atoms with Crippen LogP contribution in [0, 0.1) is 13.8 Å². The molecule has 2 amide bonds. The lowest BCUT2D eigenvalue weighted by Crippen LogP contribution is -2.54.